The molecule has 158 valence electrons. The van der Waals surface area contributed by atoms with E-state index in [0.29, 0.717) is 13.0 Å². The molecule has 6 rings (SSSR count). The van der Waals surface area contributed by atoms with Gasteiger partial charge in [-0.1, -0.05) is 18.2 Å². The van der Waals surface area contributed by atoms with Gasteiger partial charge in [0.25, 0.3) is 0 Å². The van der Waals surface area contributed by atoms with Crippen molar-refractivity contribution >= 4 is 49.3 Å². The lowest BCUT2D eigenvalue weighted by atomic mass is 10.0. The Kier molecular flexibility index (Phi) is 4.41. The van der Waals surface area contributed by atoms with Crippen molar-refractivity contribution in [1.29, 1.82) is 0 Å². The normalized spacial score (nSPS) is 11.8. The molecule has 0 saturated heterocycles. The van der Waals surface area contributed by atoms with Crippen LogP contribution in [0.1, 0.15) is 6.42 Å². The molecular formula is C24H20N6OS. The van der Waals surface area contributed by atoms with Gasteiger partial charge in [0.05, 0.1) is 23.4 Å². The quantitative estimate of drug-likeness (QED) is 0.356. The number of nitrogen functional groups attached to an aromatic ring is 1. The van der Waals surface area contributed by atoms with Crippen molar-refractivity contribution in [2.75, 3.05) is 12.3 Å². The largest absolute Gasteiger partial charge is 0.396 e. The number of hydrogen-bond donors (Lipinski definition) is 3. The lowest BCUT2D eigenvalue weighted by Crippen LogP contribution is -2.00. The molecule has 6 aromatic rings. The van der Waals surface area contributed by atoms with Crippen LogP contribution in [-0.2, 0) is 6.54 Å². The maximum atomic E-state index is 9.31. The highest BCUT2D eigenvalue weighted by molar-refractivity contribution is 7.22. The molecule has 0 saturated carbocycles. The minimum Gasteiger partial charge on any atom is -0.396 e. The fraction of sp³-hybridized carbons (Fsp3) is 0.125. The van der Waals surface area contributed by atoms with Crippen molar-refractivity contribution in [3.05, 3.63) is 61.1 Å². The Hall–Kier alpha value is -3.75. The molecule has 0 amide bonds. The summed E-state index contributed by atoms with van der Waals surface area (Å²) in [4.78, 5) is 9.91. The predicted molar refractivity (Wildman–Crippen MR) is 130 cm³/mol. The van der Waals surface area contributed by atoms with Crippen LogP contribution in [0.4, 0.5) is 5.95 Å². The van der Waals surface area contributed by atoms with Crippen LogP contribution in [0.25, 0.3) is 53.6 Å². The number of rotatable bonds is 5. The number of H-pyrrole nitrogens is 1. The van der Waals surface area contributed by atoms with Crippen molar-refractivity contribution in [2.24, 2.45) is 0 Å². The van der Waals surface area contributed by atoms with Gasteiger partial charge >= 0.3 is 0 Å². The van der Waals surface area contributed by atoms with Gasteiger partial charge in [0.1, 0.15) is 5.52 Å². The van der Waals surface area contributed by atoms with Crippen LogP contribution in [0.15, 0.2) is 61.1 Å². The minimum atomic E-state index is 0.127. The molecule has 0 fully saturated rings. The molecule has 0 spiro atoms. The first-order valence-corrected chi connectivity index (χ1v) is 11.2. The SMILES string of the molecule is Nc1ncc2c(n1)c(-c1cc(-c3cc4ccccc4s3)c3[nH]ncc3c1)cn2CCCO. The van der Waals surface area contributed by atoms with E-state index in [4.69, 9.17) is 5.73 Å². The van der Waals surface area contributed by atoms with E-state index in [0.717, 1.165) is 38.6 Å². The van der Waals surface area contributed by atoms with Crippen molar-refractivity contribution in [3.63, 3.8) is 0 Å². The summed E-state index contributed by atoms with van der Waals surface area (Å²) in [6.45, 7) is 0.805. The number of nitrogens with zero attached hydrogens (tertiary/aromatic N) is 4. The Morgan fingerprint density at radius 2 is 1.97 bits per heavy atom. The topological polar surface area (TPSA) is 106 Å². The highest BCUT2D eigenvalue weighted by Crippen LogP contribution is 2.40. The Morgan fingerprint density at radius 1 is 1.06 bits per heavy atom. The van der Waals surface area contributed by atoms with E-state index in [1.807, 2.05) is 6.20 Å². The molecule has 0 aliphatic carbocycles. The number of aromatic nitrogens is 5. The first kappa shape index (κ1) is 19.0. The van der Waals surface area contributed by atoms with Crippen LogP contribution in [0.2, 0.25) is 0 Å². The number of aryl methyl sites for hydroxylation is 1. The van der Waals surface area contributed by atoms with E-state index in [2.05, 4.69) is 73.4 Å². The zero-order chi connectivity index (χ0) is 21.7. The van der Waals surface area contributed by atoms with Crippen molar-refractivity contribution in [2.45, 2.75) is 13.0 Å². The number of hydrogen-bond acceptors (Lipinski definition) is 6. The van der Waals surface area contributed by atoms with Gasteiger partial charge in [-0.2, -0.15) is 5.10 Å². The minimum absolute atomic E-state index is 0.127. The summed E-state index contributed by atoms with van der Waals surface area (Å²) in [6, 6.07) is 14.9. The number of aromatic amines is 1. The summed E-state index contributed by atoms with van der Waals surface area (Å²) < 4.78 is 3.33. The number of nitrogens with one attached hydrogen (secondary N) is 1. The second kappa shape index (κ2) is 7.44. The summed E-state index contributed by atoms with van der Waals surface area (Å²) in [5.74, 6) is 0.243. The number of nitrogens with two attached hydrogens (primary N) is 1. The Morgan fingerprint density at radius 3 is 2.84 bits per heavy atom. The maximum Gasteiger partial charge on any atom is 0.220 e. The third-order valence-corrected chi connectivity index (χ3v) is 6.89. The third-order valence-electron chi connectivity index (χ3n) is 5.75. The number of aliphatic hydroxyl groups excluding tert-OH is 1. The molecule has 4 N–H and O–H groups in total. The van der Waals surface area contributed by atoms with Gasteiger partial charge in [0.2, 0.25) is 5.95 Å². The van der Waals surface area contributed by atoms with Crippen molar-refractivity contribution in [1.82, 2.24) is 24.7 Å². The van der Waals surface area contributed by atoms with Crippen LogP contribution in [0, 0.1) is 0 Å². The number of aliphatic hydroxyl groups is 1. The first-order valence-electron chi connectivity index (χ1n) is 10.4. The molecule has 0 atom stereocenters. The Bertz CT molecular complexity index is 1560. The summed E-state index contributed by atoms with van der Waals surface area (Å²) in [7, 11) is 0. The highest BCUT2D eigenvalue weighted by atomic mass is 32.1. The monoisotopic (exact) mass is 440 g/mol. The standard InChI is InChI=1S/C24H20N6OS/c25-24-26-12-19-23(28-24)18(13-30(19)6-3-7-31)15-8-16-11-27-29-22(16)17(9-15)21-10-14-4-1-2-5-20(14)32-21/h1-2,4-5,8-13,31H,3,6-7H2,(H,27,29)(H2,25,26,28). The number of thiophene rings is 1. The van der Waals surface area contributed by atoms with Gasteiger partial charge < -0.3 is 15.4 Å². The molecule has 8 heteroatoms. The summed E-state index contributed by atoms with van der Waals surface area (Å²) in [5.41, 5.74) is 11.8. The van der Waals surface area contributed by atoms with Gasteiger partial charge in [-0.15, -0.1) is 11.3 Å². The first-order chi connectivity index (χ1) is 15.7. The molecular weight excluding hydrogens is 420 g/mol. The average Bonchev–Trinajstić information content (AvgIpc) is 3.53. The smallest absolute Gasteiger partial charge is 0.220 e. The van der Waals surface area contributed by atoms with Gasteiger partial charge in [0, 0.05) is 45.4 Å². The van der Waals surface area contributed by atoms with Gasteiger partial charge in [0.15, 0.2) is 0 Å². The predicted octanol–water partition coefficient (Wildman–Crippen LogP) is 4.82. The van der Waals surface area contributed by atoms with Crippen molar-refractivity contribution in [3.8, 4) is 21.6 Å². The van der Waals surface area contributed by atoms with E-state index in [-0.39, 0.29) is 12.6 Å². The molecule has 2 aromatic carbocycles. The number of fused-ring (bicyclic) bond motifs is 3. The van der Waals surface area contributed by atoms with Crippen LogP contribution in [0.5, 0.6) is 0 Å². The molecule has 0 radical (unpaired) electrons. The van der Waals surface area contributed by atoms with E-state index in [1.54, 1.807) is 17.5 Å². The van der Waals surface area contributed by atoms with Gasteiger partial charge in [-0.25, -0.2) is 9.97 Å². The van der Waals surface area contributed by atoms with Crippen LogP contribution in [-0.4, -0.2) is 36.4 Å². The van der Waals surface area contributed by atoms with Crippen molar-refractivity contribution < 1.29 is 5.11 Å². The molecule has 4 heterocycles. The zero-order valence-electron chi connectivity index (χ0n) is 17.1. The highest BCUT2D eigenvalue weighted by Gasteiger charge is 2.17. The molecule has 32 heavy (non-hydrogen) atoms. The summed E-state index contributed by atoms with van der Waals surface area (Å²) >= 11 is 1.77. The average molecular weight is 441 g/mol. The maximum absolute atomic E-state index is 9.31. The Labute approximate surface area is 187 Å². The zero-order valence-corrected chi connectivity index (χ0v) is 17.9. The van der Waals surface area contributed by atoms with Crippen LogP contribution >= 0.6 is 11.3 Å². The fourth-order valence-electron chi connectivity index (χ4n) is 4.24. The van der Waals surface area contributed by atoms with E-state index in [9.17, 15) is 5.11 Å². The molecule has 0 unspecified atom stereocenters. The second-order valence-corrected chi connectivity index (χ2v) is 8.87. The molecule has 0 aliphatic rings. The fourth-order valence-corrected chi connectivity index (χ4v) is 5.33. The van der Waals surface area contributed by atoms with Gasteiger partial charge in [-0.05, 0) is 41.6 Å². The van der Waals surface area contributed by atoms with Gasteiger partial charge in [-0.3, -0.25) is 5.10 Å². The number of anilines is 1. The Balaban J connectivity index is 1.59. The lowest BCUT2D eigenvalue weighted by Gasteiger charge is -2.06. The number of benzene rings is 2. The van der Waals surface area contributed by atoms with Crippen LogP contribution < -0.4 is 5.73 Å². The molecule has 7 nitrogen and oxygen atoms in total. The molecule has 0 aliphatic heterocycles. The summed E-state index contributed by atoms with van der Waals surface area (Å²) in [6.07, 6.45) is 6.33. The molecule has 4 aromatic heterocycles. The summed E-state index contributed by atoms with van der Waals surface area (Å²) in [5, 5.41) is 19.0. The van der Waals surface area contributed by atoms with Crippen LogP contribution in [0.3, 0.4) is 0 Å². The second-order valence-electron chi connectivity index (χ2n) is 7.78. The van der Waals surface area contributed by atoms with E-state index in [1.165, 1.54) is 15.0 Å². The third kappa shape index (κ3) is 3.04. The lowest BCUT2D eigenvalue weighted by molar-refractivity contribution is 0.280. The van der Waals surface area contributed by atoms with E-state index < -0.39 is 0 Å². The molecule has 0 bridgehead atoms. The van der Waals surface area contributed by atoms with E-state index >= 15 is 0 Å².